The van der Waals surface area contributed by atoms with Gasteiger partial charge in [-0.05, 0) is 19.1 Å². The van der Waals surface area contributed by atoms with Gasteiger partial charge in [-0.15, -0.1) is 16.8 Å². The summed E-state index contributed by atoms with van der Waals surface area (Å²) >= 11 is 5.74. The molecule has 1 aromatic carbocycles. The Balaban J connectivity index is 2.68. The molecule has 0 bridgehead atoms. The number of halogens is 1. The summed E-state index contributed by atoms with van der Waals surface area (Å²) < 4.78 is 0.906. The lowest BCUT2D eigenvalue weighted by molar-refractivity contribution is -0.384. The average Bonchev–Trinajstić information content (AvgIpc) is 2.59. The van der Waals surface area contributed by atoms with Crippen molar-refractivity contribution in [3.63, 3.8) is 0 Å². The molecule has 0 aliphatic carbocycles. The molecule has 2 aromatic rings. The number of azo groups is 1. The largest absolute Gasteiger partial charge is 0.493 e. The van der Waals surface area contributed by atoms with Crippen molar-refractivity contribution in [3.05, 3.63) is 67.5 Å². The van der Waals surface area contributed by atoms with Gasteiger partial charge in [-0.3, -0.25) is 19.5 Å². The van der Waals surface area contributed by atoms with Crippen LogP contribution in [0.2, 0.25) is 5.02 Å². The summed E-state index contributed by atoms with van der Waals surface area (Å²) in [6.07, 6.45) is 1.36. The number of nitro groups is 1. The monoisotopic (exact) mass is 373 g/mol. The first-order chi connectivity index (χ1) is 12.3. The molecule has 0 atom stereocenters. The van der Waals surface area contributed by atoms with Crippen molar-refractivity contribution >= 4 is 28.7 Å². The second-order valence-electron chi connectivity index (χ2n) is 5.08. The van der Waals surface area contributed by atoms with Crippen molar-refractivity contribution in [2.75, 3.05) is 0 Å². The maximum absolute atomic E-state index is 12.2. The number of nitro benzene ring substituents is 1. The highest BCUT2D eigenvalue weighted by molar-refractivity contribution is 6.30. The summed E-state index contributed by atoms with van der Waals surface area (Å²) in [5, 5.41) is 38.3. The van der Waals surface area contributed by atoms with Gasteiger partial charge in [0.15, 0.2) is 11.4 Å². The van der Waals surface area contributed by atoms with Crippen molar-refractivity contribution < 1.29 is 10.0 Å². The predicted molar refractivity (Wildman–Crippen MR) is 94.3 cm³/mol. The van der Waals surface area contributed by atoms with E-state index in [0.717, 1.165) is 10.6 Å². The van der Waals surface area contributed by atoms with Gasteiger partial charge in [0.2, 0.25) is 5.88 Å². The van der Waals surface area contributed by atoms with Crippen LogP contribution in [0.4, 0.5) is 17.1 Å². The molecule has 1 aromatic heterocycles. The Morgan fingerprint density at radius 3 is 2.77 bits per heavy atom. The van der Waals surface area contributed by atoms with Crippen LogP contribution in [0.15, 0.2) is 45.9 Å². The number of nitriles is 1. The van der Waals surface area contributed by atoms with Crippen LogP contribution in [0.1, 0.15) is 11.1 Å². The van der Waals surface area contributed by atoms with E-state index in [2.05, 4.69) is 16.8 Å². The van der Waals surface area contributed by atoms with E-state index in [9.17, 15) is 25.3 Å². The molecule has 0 unspecified atom stereocenters. The SMILES string of the molecule is C=CCn1c(O)c(N=Nc2ccc(Cl)cc2[N+](=O)[O-])c(C)c(C#N)c1=O. The van der Waals surface area contributed by atoms with Crippen LogP contribution in [0.25, 0.3) is 0 Å². The van der Waals surface area contributed by atoms with Gasteiger partial charge >= 0.3 is 0 Å². The molecule has 0 saturated carbocycles. The van der Waals surface area contributed by atoms with Crippen LogP contribution in [-0.4, -0.2) is 14.6 Å². The number of nitrogens with zero attached hydrogens (tertiary/aromatic N) is 5. The maximum atomic E-state index is 12.2. The Morgan fingerprint density at radius 1 is 1.50 bits per heavy atom. The van der Waals surface area contributed by atoms with Crippen LogP contribution in [0.5, 0.6) is 5.88 Å². The van der Waals surface area contributed by atoms with Crippen LogP contribution >= 0.6 is 11.6 Å². The summed E-state index contributed by atoms with van der Waals surface area (Å²) in [6, 6.07) is 5.56. The Kier molecular flexibility index (Phi) is 5.49. The predicted octanol–water partition coefficient (Wildman–Crippen LogP) is 3.90. The molecule has 132 valence electrons. The third-order valence-electron chi connectivity index (χ3n) is 3.47. The lowest BCUT2D eigenvalue weighted by Crippen LogP contribution is -2.23. The highest BCUT2D eigenvalue weighted by Crippen LogP contribution is 2.35. The second-order valence-corrected chi connectivity index (χ2v) is 5.52. The Hall–Kier alpha value is -3.51. The number of pyridine rings is 1. The first-order valence-electron chi connectivity index (χ1n) is 7.14. The lowest BCUT2D eigenvalue weighted by Gasteiger charge is -2.11. The molecule has 1 heterocycles. The van der Waals surface area contributed by atoms with E-state index < -0.39 is 16.4 Å². The van der Waals surface area contributed by atoms with Gasteiger partial charge in [0.1, 0.15) is 11.6 Å². The fourth-order valence-corrected chi connectivity index (χ4v) is 2.35. The Labute approximate surface area is 152 Å². The number of aromatic nitrogens is 1. The van der Waals surface area contributed by atoms with E-state index >= 15 is 0 Å². The van der Waals surface area contributed by atoms with Crippen molar-refractivity contribution in [2.24, 2.45) is 10.2 Å². The van der Waals surface area contributed by atoms with Gasteiger partial charge in [-0.25, -0.2) is 0 Å². The van der Waals surface area contributed by atoms with Gasteiger partial charge in [0, 0.05) is 23.2 Å². The van der Waals surface area contributed by atoms with Crippen molar-refractivity contribution in [2.45, 2.75) is 13.5 Å². The number of rotatable bonds is 5. The van der Waals surface area contributed by atoms with E-state index in [1.54, 1.807) is 6.07 Å². The highest BCUT2D eigenvalue weighted by atomic mass is 35.5. The minimum atomic E-state index is -0.696. The minimum absolute atomic E-state index is 0.0523. The van der Waals surface area contributed by atoms with Crippen molar-refractivity contribution in [1.82, 2.24) is 4.57 Å². The number of aromatic hydroxyl groups is 1. The molecule has 0 aliphatic rings. The molecule has 10 heteroatoms. The first-order valence-corrected chi connectivity index (χ1v) is 7.52. The molecule has 1 N–H and O–H groups in total. The molecule has 0 radical (unpaired) electrons. The summed E-state index contributed by atoms with van der Waals surface area (Å²) in [4.78, 5) is 22.6. The zero-order valence-corrected chi connectivity index (χ0v) is 14.3. The molecule has 0 spiro atoms. The topological polar surface area (TPSA) is 134 Å². The quantitative estimate of drug-likeness (QED) is 0.367. The fraction of sp³-hybridized carbons (Fsp3) is 0.125. The molecular weight excluding hydrogens is 362 g/mol. The fourth-order valence-electron chi connectivity index (χ4n) is 2.19. The van der Waals surface area contributed by atoms with Crippen LogP contribution in [-0.2, 0) is 6.54 Å². The summed E-state index contributed by atoms with van der Waals surface area (Å²) in [5.41, 5.74) is -1.43. The molecule has 2 rings (SSSR count). The molecular formula is C16H12ClN5O4. The Morgan fingerprint density at radius 2 is 2.19 bits per heavy atom. The zero-order valence-electron chi connectivity index (χ0n) is 13.5. The zero-order chi connectivity index (χ0) is 19.4. The number of hydrogen-bond donors (Lipinski definition) is 1. The second kappa shape index (κ2) is 7.58. The highest BCUT2D eigenvalue weighted by Gasteiger charge is 2.19. The normalized spacial score (nSPS) is 10.7. The number of benzene rings is 1. The standard InChI is InChI=1S/C16H12ClN5O4/c1-3-6-21-15(23)11(8-18)9(2)14(16(21)24)20-19-12-5-4-10(17)7-13(12)22(25)26/h3-5,7,24H,1,6H2,2H3. The van der Waals surface area contributed by atoms with Gasteiger partial charge in [-0.1, -0.05) is 17.7 Å². The molecule has 0 fully saturated rings. The van der Waals surface area contributed by atoms with Crippen LogP contribution in [0.3, 0.4) is 0 Å². The molecule has 0 saturated heterocycles. The van der Waals surface area contributed by atoms with Gasteiger partial charge in [-0.2, -0.15) is 5.26 Å². The summed E-state index contributed by atoms with van der Waals surface area (Å²) in [5.74, 6) is -0.522. The minimum Gasteiger partial charge on any atom is -0.493 e. The number of allylic oxidation sites excluding steroid dienone is 1. The van der Waals surface area contributed by atoms with Crippen LogP contribution < -0.4 is 5.56 Å². The van der Waals surface area contributed by atoms with Crippen LogP contribution in [0, 0.1) is 28.4 Å². The van der Waals surface area contributed by atoms with Gasteiger partial charge in [0.05, 0.1) is 4.92 Å². The van der Waals surface area contributed by atoms with E-state index in [-0.39, 0.29) is 39.8 Å². The molecule has 9 nitrogen and oxygen atoms in total. The molecule has 0 amide bonds. The van der Waals surface area contributed by atoms with Crippen molar-refractivity contribution in [3.8, 4) is 11.9 Å². The smallest absolute Gasteiger partial charge is 0.298 e. The van der Waals surface area contributed by atoms with E-state index in [1.165, 1.54) is 25.1 Å². The third kappa shape index (κ3) is 3.45. The first kappa shape index (κ1) is 18.8. The molecule has 26 heavy (non-hydrogen) atoms. The van der Waals surface area contributed by atoms with Gasteiger partial charge in [0.25, 0.3) is 11.2 Å². The van der Waals surface area contributed by atoms with E-state index in [4.69, 9.17) is 11.6 Å². The third-order valence-corrected chi connectivity index (χ3v) is 3.71. The lowest BCUT2D eigenvalue weighted by atomic mass is 10.1. The average molecular weight is 374 g/mol. The van der Waals surface area contributed by atoms with E-state index in [0.29, 0.717) is 0 Å². The summed E-state index contributed by atoms with van der Waals surface area (Å²) in [6.45, 7) is 4.85. The number of hydrogen-bond acceptors (Lipinski definition) is 7. The van der Waals surface area contributed by atoms with Gasteiger partial charge < -0.3 is 5.11 Å². The van der Waals surface area contributed by atoms with E-state index in [1.807, 2.05) is 0 Å². The molecule has 0 aliphatic heterocycles. The van der Waals surface area contributed by atoms with Crippen molar-refractivity contribution in [1.29, 1.82) is 5.26 Å². The Bertz CT molecular complexity index is 1040. The summed E-state index contributed by atoms with van der Waals surface area (Å²) in [7, 11) is 0. The maximum Gasteiger partial charge on any atom is 0.298 e.